The van der Waals surface area contributed by atoms with Crippen molar-refractivity contribution in [2.45, 2.75) is 12.5 Å². The second kappa shape index (κ2) is 6.61. The third-order valence-electron chi connectivity index (χ3n) is 2.10. The van der Waals surface area contributed by atoms with Crippen molar-refractivity contribution in [1.29, 1.82) is 0 Å². The summed E-state index contributed by atoms with van der Waals surface area (Å²) in [6.45, 7) is 0. The maximum atomic E-state index is 13.1. The molecule has 19 heavy (non-hydrogen) atoms. The van der Waals surface area contributed by atoms with Crippen molar-refractivity contribution in [1.82, 2.24) is 5.32 Å². The summed E-state index contributed by atoms with van der Waals surface area (Å²) in [7, 11) is 0. The van der Waals surface area contributed by atoms with Gasteiger partial charge in [0.2, 0.25) is 0 Å². The van der Waals surface area contributed by atoms with Gasteiger partial charge in [-0.2, -0.15) is 0 Å². The maximum Gasteiger partial charge on any atom is 0.327 e. The highest BCUT2D eigenvalue weighted by Crippen LogP contribution is 2.18. The molecule has 3 N–H and O–H groups in total. The number of rotatable bonds is 4. The number of hydrogen-bond acceptors (Lipinski definition) is 2. The lowest BCUT2D eigenvalue weighted by atomic mass is 10.2. The lowest BCUT2D eigenvalue weighted by molar-refractivity contribution is -0.139. The fourth-order valence-corrected chi connectivity index (χ4v) is 1.33. The Morgan fingerprint density at radius 1 is 1.53 bits per heavy atom. The van der Waals surface area contributed by atoms with E-state index < -0.39 is 23.9 Å². The molecule has 0 bridgehead atoms. The van der Waals surface area contributed by atoms with Crippen LogP contribution in [0.4, 0.5) is 14.9 Å². The molecule has 0 aliphatic rings. The number of carboxylic acids is 1. The first-order chi connectivity index (χ1) is 8.93. The Bertz CT molecular complexity index is 542. The normalized spacial score (nSPS) is 11.2. The highest BCUT2D eigenvalue weighted by molar-refractivity contribution is 6.30. The summed E-state index contributed by atoms with van der Waals surface area (Å²) in [4.78, 5) is 22.2. The SMILES string of the molecule is C#CCC(NC(=O)Nc1ccc(Cl)c(F)c1)C(=O)O. The summed E-state index contributed by atoms with van der Waals surface area (Å²) in [5, 5.41) is 13.1. The Kier molecular flexibility index (Phi) is 5.15. The molecule has 0 fully saturated rings. The smallest absolute Gasteiger partial charge is 0.327 e. The van der Waals surface area contributed by atoms with Crippen LogP contribution in [0, 0.1) is 18.2 Å². The minimum atomic E-state index is -1.25. The maximum absolute atomic E-state index is 13.1. The summed E-state index contributed by atoms with van der Waals surface area (Å²) in [5.41, 5.74) is 0.143. The number of carbonyl (C=O) groups excluding carboxylic acids is 1. The van der Waals surface area contributed by atoms with Crippen molar-refractivity contribution in [3.63, 3.8) is 0 Å². The molecule has 0 saturated heterocycles. The molecular formula is C12H10ClFN2O3. The molecule has 5 nitrogen and oxygen atoms in total. The molecule has 0 aromatic heterocycles. The number of nitrogens with one attached hydrogen (secondary N) is 2. The van der Waals surface area contributed by atoms with Crippen LogP contribution in [0.2, 0.25) is 5.02 Å². The molecule has 1 aromatic carbocycles. The molecule has 2 amide bonds. The molecule has 0 aliphatic carbocycles. The van der Waals surface area contributed by atoms with Crippen molar-refractivity contribution in [2.24, 2.45) is 0 Å². The highest BCUT2D eigenvalue weighted by Gasteiger charge is 2.18. The van der Waals surface area contributed by atoms with Gasteiger partial charge < -0.3 is 15.7 Å². The van der Waals surface area contributed by atoms with E-state index in [0.29, 0.717) is 0 Å². The van der Waals surface area contributed by atoms with Crippen LogP contribution >= 0.6 is 11.6 Å². The molecule has 1 atom stereocenters. The van der Waals surface area contributed by atoms with Crippen molar-refractivity contribution in [2.75, 3.05) is 5.32 Å². The van der Waals surface area contributed by atoms with Crippen LogP contribution in [0.3, 0.4) is 0 Å². The number of benzene rings is 1. The molecule has 0 heterocycles. The molecule has 7 heteroatoms. The van der Waals surface area contributed by atoms with E-state index in [-0.39, 0.29) is 17.1 Å². The standard InChI is InChI=1S/C12H10ClFN2O3/c1-2-3-10(11(17)18)16-12(19)15-7-4-5-8(13)9(14)6-7/h1,4-6,10H,3H2,(H,17,18)(H2,15,16,19). The average molecular weight is 285 g/mol. The van der Waals surface area contributed by atoms with Gasteiger partial charge in [-0.3, -0.25) is 0 Å². The van der Waals surface area contributed by atoms with Crippen molar-refractivity contribution < 1.29 is 19.1 Å². The van der Waals surface area contributed by atoms with Gasteiger partial charge in [-0.25, -0.2) is 14.0 Å². The van der Waals surface area contributed by atoms with Gasteiger partial charge in [-0.15, -0.1) is 12.3 Å². The minimum absolute atomic E-state index is 0.0818. The first kappa shape index (κ1) is 14.8. The van der Waals surface area contributed by atoms with Crippen molar-refractivity contribution in [3.05, 3.63) is 29.0 Å². The Labute approximate surface area is 113 Å². The molecule has 1 rings (SSSR count). The van der Waals surface area contributed by atoms with Crippen LogP contribution in [0.1, 0.15) is 6.42 Å². The van der Waals surface area contributed by atoms with Gasteiger partial charge in [0, 0.05) is 12.1 Å². The van der Waals surface area contributed by atoms with E-state index in [1.165, 1.54) is 12.1 Å². The number of carboxylic acid groups (broad SMARTS) is 1. The number of anilines is 1. The first-order valence-electron chi connectivity index (χ1n) is 5.13. The summed E-state index contributed by atoms with van der Waals surface area (Å²) >= 11 is 5.48. The fourth-order valence-electron chi connectivity index (χ4n) is 1.22. The van der Waals surface area contributed by atoms with Gasteiger partial charge in [-0.05, 0) is 18.2 Å². The number of hydrogen-bond donors (Lipinski definition) is 3. The zero-order chi connectivity index (χ0) is 14.4. The summed E-state index contributed by atoms with van der Waals surface area (Å²) in [6.07, 6.45) is 4.83. The third kappa shape index (κ3) is 4.48. The number of halogens is 2. The van der Waals surface area contributed by atoms with Crippen molar-refractivity contribution in [3.8, 4) is 12.3 Å². The molecule has 1 aromatic rings. The lowest BCUT2D eigenvalue weighted by Crippen LogP contribution is -2.42. The monoisotopic (exact) mass is 284 g/mol. The van der Waals surface area contributed by atoms with E-state index >= 15 is 0 Å². The van der Waals surface area contributed by atoms with Crippen LogP contribution in [-0.2, 0) is 4.79 Å². The van der Waals surface area contributed by atoms with Crippen LogP contribution in [0.5, 0.6) is 0 Å². The predicted molar refractivity (Wildman–Crippen MR) is 68.4 cm³/mol. The Balaban J connectivity index is 2.66. The van der Waals surface area contributed by atoms with E-state index in [4.69, 9.17) is 23.1 Å². The topological polar surface area (TPSA) is 78.4 Å². The number of carbonyl (C=O) groups is 2. The largest absolute Gasteiger partial charge is 0.480 e. The summed E-state index contributed by atoms with van der Waals surface area (Å²) in [6, 6.07) is 1.65. The second-order valence-electron chi connectivity index (χ2n) is 3.53. The second-order valence-corrected chi connectivity index (χ2v) is 3.93. The van der Waals surface area contributed by atoms with Gasteiger partial charge in [0.1, 0.15) is 11.9 Å². The molecule has 0 saturated carbocycles. The lowest BCUT2D eigenvalue weighted by Gasteiger charge is -2.12. The quantitative estimate of drug-likeness (QED) is 0.741. The van der Waals surface area contributed by atoms with E-state index in [2.05, 4.69) is 16.6 Å². The molecule has 100 valence electrons. The Hall–Kier alpha value is -2.26. The number of amides is 2. The van der Waals surface area contributed by atoms with Crippen LogP contribution in [0.25, 0.3) is 0 Å². The molecule has 0 aliphatic heterocycles. The van der Waals surface area contributed by atoms with E-state index in [0.717, 1.165) is 6.07 Å². The van der Waals surface area contributed by atoms with Crippen LogP contribution in [-0.4, -0.2) is 23.1 Å². The highest BCUT2D eigenvalue weighted by atomic mass is 35.5. The fraction of sp³-hybridized carbons (Fsp3) is 0.167. The Morgan fingerprint density at radius 3 is 2.74 bits per heavy atom. The predicted octanol–water partition coefficient (Wildman–Crippen LogP) is 2.08. The van der Waals surface area contributed by atoms with Crippen LogP contribution in [0.15, 0.2) is 18.2 Å². The summed E-state index contributed by atoms with van der Waals surface area (Å²) in [5.74, 6) is 0.183. The zero-order valence-corrected chi connectivity index (χ0v) is 10.4. The number of terminal acetylenes is 1. The number of urea groups is 1. The van der Waals surface area contributed by atoms with E-state index in [9.17, 15) is 14.0 Å². The third-order valence-corrected chi connectivity index (χ3v) is 2.41. The summed E-state index contributed by atoms with van der Waals surface area (Å²) < 4.78 is 13.1. The molecule has 1 unspecified atom stereocenters. The van der Waals surface area contributed by atoms with Gasteiger partial charge in [-0.1, -0.05) is 11.6 Å². The van der Waals surface area contributed by atoms with Gasteiger partial charge in [0.05, 0.1) is 5.02 Å². The average Bonchev–Trinajstić information content (AvgIpc) is 2.33. The van der Waals surface area contributed by atoms with Crippen molar-refractivity contribution >= 4 is 29.3 Å². The van der Waals surface area contributed by atoms with E-state index in [1.54, 1.807) is 0 Å². The van der Waals surface area contributed by atoms with E-state index in [1.807, 2.05) is 0 Å². The van der Waals surface area contributed by atoms with Crippen LogP contribution < -0.4 is 10.6 Å². The van der Waals surface area contributed by atoms with Gasteiger partial charge in [0.25, 0.3) is 0 Å². The molecule has 0 radical (unpaired) electrons. The van der Waals surface area contributed by atoms with Gasteiger partial charge >= 0.3 is 12.0 Å². The molecular weight excluding hydrogens is 275 g/mol. The zero-order valence-electron chi connectivity index (χ0n) is 9.61. The number of aliphatic carboxylic acids is 1. The Morgan fingerprint density at radius 2 is 2.21 bits per heavy atom. The first-order valence-corrected chi connectivity index (χ1v) is 5.50. The molecule has 0 spiro atoms. The minimum Gasteiger partial charge on any atom is -0.480 e. The van der Waals surface area contributed by atoms with Gasteiger partial charge in [0.15, 0.2) is 0 Å².